The fraction of sp³-hybridized carbons (Fsp3) is 0.381. The summed E-state index contributed by atoms with van der Waals surface area (Å²) < 4.78 is 0. The Hall–Kier alpha value is -2.13. The molecule has 0 aliphatic carbocycles. The van der Waals surface area contributed by atoms with Gasteiger partial charge in [0.1, 0.15) is 6.04 Å². The first-order chi connectivity index (χ1) is 11.7. The second-order valence-corrected chi connectivity index (χ2v) is 6.33. The van der Waals surface area contributed by atoms with Crippen LogP contribution in [0.5, 0.6) is 0 Å². The van der Waals surface area contributed by atoms with Gasteiger partial charge in [0.05, 0.1) is 0 Å². The van der Waals surface area contributed by atoms with E-state index in [1.807, 2.05) is 19.1 Å². The standard InChI is InChI=1S/C21H27NO2/c1-2-9-20(21(23)24)22-16-19(14-17-10-5-3-6-11-17)15-18-12-7-4-8-13-18/h3-8,10-13,19-20,22H,2,9,14-16H2,1H3,(H,23,24). The average Bonchev–Trinajstić information content (AvgIpc) is 2.60. The topological polar surface area (TPSA) is 49.3 Å². The van der Waals surface area contributed by atoms with Gasteiger partial charge in [-0.25, -0.2) is 0 Å². The zero-order valence-corrected chi connectivity index (χ0v) is 14.3. The zero-order chi connectivity index (χ0) is 17.2. The third-order valence-electron chi connectivity index (χ3n) is 4.26. The predicted molar refractivity (Wildman–Crippen MR) is 98.1 cm³/mol. The Labute approximate surface area is 144 Å². The lowest BCUT2D eigenvalue weighted by molar-refractivity contribution is -0.139. The second-order valence-electron chi connectivity index (χ2n) is 6.33. The molecule has 0 saturated carbocycles. The van der Waals surface area contributed by atoms with Crippen LogP contribution in [-0.2, 0) is 17.6 Å². The van der Waals surface area contributed by atoms with E-state index < -0.39 is 12.0 Å². The third-order valence-corrected chi connectivity index (χ3v) is 4.26. The summed E-state index contributed by atoms with van der Waals surface area (Å²) in [6.45, 7) is 2.73. The zero-order valence-electron chi connectivity index (χ0n) is 14.3. The Kier molecular flexibility index (Phi) is 7.50. The van der Waals surface area contributed by atoms with Crippen molar-refractivity contribution in [3.8, 4) is 0 Å². The molecule has 0 amide bonds. The van der Waals surface area contributed by atoms with Gasteiger partial charge in [-0.3, -0.25) is 4.79 Å². The number of carbonyl (C=O) groups is 1. The van der Waals surface area contributed by atoms with Crippen LogP contribution < -0.4 is 5.32 Å². The van der Waals surface area contributed by atoms with E-state index in [0.29, 0.717) is 18.9 Å². The van der Waals surface area contributed by atoms with E-state index in [1.54, 1.807) is 0 Å². The van der Waals surface area contributed by atoms with Gasteiger partial charge in [-0.15, -0.1) is 0 Å². The highest BCUT2D eigenvalue weighted by molar-refractivity contribution is 5.73. The summed E-state index contributed by atoms with van der Waals surface area (Å²) in [4.78, 5) is 11.4. The Balaban J connectivity index is 2.02. The van der Waals surface area contributed by atoms with Crippen LogP contribution in [0.2, 0.25) is 0 Å². The fourth-order valence-corrected chi connectivity index (χ4v) is 3.02. The number of nitrogens with one attached hydrogen (secondary N) is 1. The van der Waals surface area contributed by atoms with Crippen molar-refractivity contribution < 1.29 is 9.90 Å². The Bertz CT molecular complexity index is 556. The molecule has 3 nitrogen and oxygen atoms in total. The van der Waals surface area contributed by atoms with Gasteiger partial charge in [-0.05, 0) is 42.9 Å². The van der Waals surface area contributed by atoms with Gasteiger partial charge in [-0.2, -0.15) is 0 Å². The number of aliphatic carboxylic acids is 1. The predicted octanol–water partition coefficient (Wildman–Crippen LogP) is 3.93. The molecule has 0 heterocycles. The van der Waals surface area contributed by atoms with E-state index in [4.69, 9.17) is 0 Å². The minimum absolute atomic E-state index is 0.369. The van der Waals surface area contributed by atoms with Crippen molar-refractivity contribution in [1.82, 2.24) is 5.32 Å². The van der Waals surface area contributed by atoms with E-state index in [2.05, 4.69) is 53.8 Å². The van der Waals surface area contributed by atoms with Gasteiger partial charge in [0.25, 0.3) is 0 Å². The highest BCUT2D eigenvalue weighted by Gasteiger charge is 2.18. The average molecular weight is 325 g/mol. The van der Waals surface area contributed by atoms with E-state index in [-0.39, 0.29) is 0 Å². The highest BCUT2D eigenvalue weighted by atomic mass is 16.4. The van der Waals surface area contributed by atoms with Crippen molar-refractivity contribution in [1.29, 1.82) is 0 Å². The quantitative estimate of drug-likeness (QED) is 0.696. The maximum Gasteiger partial charge on any atom is 0.320 e. The molecule has 2 aromatic carbocycles. The molecule has 0 spiro atoms. The molecular weight excluding hydrogens is 298 g/mol. The summed E-state index contributed by atoms with van der Waals surface area (Å²) in [5.41, 5.74) is 2.59. The van der Waals surface area contributed by atoms with Crippen LogP contribution in [-0.4, -0.2) is 23.7 Å². The lowest BCUT2D eigenvalue weighted by Gasteiger charge is -2.21. The summed E-state index contributed by atoms with van der Waals surface area (Å²) >= 11 is 0. The molecule has 2 aromatic rings. The van der Waals surface area contributed by atoms with E-state index >= 15 is 0 Å². The van der Waals surface area contributed by atoms with Crippen molar-refractivity contribution in [3.05, 3.63) is 71.8 Å². The van der Waals surface area contributed by atoms with Crippen molar-refractivity contribution >= 4 is 5.97 Å². The molecule has 2 rings (SSSR count). The van der Waals surface area contributed by atoms with Crippen molar-refractivity contribution in [2.45, 2.75) is 38.6 Å². The number of hydrogen-bond acceptors (Lipinski definition) is 2. The molecule has 1 unspecified atom stereocenters. The van der Waals surface area contributed by atoms with Gasteiger partial charge >= 0.3 is 5.97 Å². The maximum atomic E-state index is 11.4. The Morgan fingerprint density at radius 1 is 0.958 bits per heavy atom. The number of benzene rings is 2. The minimum atomic E-state index is -0.755. The minimum Gasteiger partial charge on any atom is -0.480 e. The lowest BCUT2D eigenvalue weighted by atomic mass is 9.92. The first kappa shape index (κ1) is 18.2. The molecule has 3 heteroatoms. The van der Waals surface area contributed by atoms with Crippen molar-refractivity contribution in [3.63, 3.8) is 0 Å². The molecule has 0 aromatic heterocycles. The van der Waals surface area contributed by atoms with E-state index in [1.165, 1.54) is 11.1 Å². The number of carboxylic acid groups (broad SMARTS) is 1. The molecule has 1 atom stereocenters. The molecule has 0 aliphatic rings. The van der Waals surface area contributed by atoms with Crippen LogP contribution in [0, 0.1) is 5.92 Å². The summed E-state index contributed by atoms with van der Waals surface area (Å²) in [6, 6.07) is 20.4. The first-order valence-electron chi connectivity index (χ1n) is 8.73. The lowest BCUT2D eigenvalue weighted by Crippen LogP contribution is -2.40. The van der Waals surface area contributed by atoms with Crippen LogP contribution in [0.4, 0.5) is 0 Å². The summed E-state index contributed by atoms with van der Waals surface area (Å²) in [6.07, 6.45) is 3.42. The summed E-state index contributed by atoms with van der Waals surface area (Å²) in [5, 5.41) is 12.6. The molecule has 0 radical (unpaired) electrons. The molecule has 2 N–H and O–H groups in total. The molecule has 0 fully saturated rings. The van der Waals surface area contributed by atoms with Gasteiger partial charge in [0, 0.05) is 0 Å². The van der Waals surface area contributed by atoms with Crippen LogP contribution in [0.25, 0.3) is 0 Å². The van der Waals surface area contributed by atoms with Crippen molar-refractivity contribution in [2.75, 3.05) is 6.54 Å². The van der Waals surface area contributed by atoms with E-state index in [0.717, 1.165) is 19.3 Å². The molecule has 128 valence electrons. The second kappa shape index (κ2) is 9.89. The van der Waals surface area contributed by atoms with Crippen LogP contribution in [0.3, 0.4) is 0 Å². The number of carboxylic acids is 1. The van der Waals surface area contributed by atoms with Gasteiger partial charge < -0.3 is 10.4 Å². The van der Waals surface area contributed by atoms with Gasteiger partial charge in [0.2, 0.25) is 0 Å². The molecule has 0 bridgehead atoms. The molecule has 0 aliphatic heterocycles. The Morgan fingerprint density at radius 2 is 1.46 bits per heavy atom. The van der Waals surface area contributed by atoms with Gasteiger partial charge in [0.15, 0.2) is 0 Å². The normalized spacial score (nSPS) is 12.2. The largest absolute Gasteiger partial charge is 0.480 e. The van der Waals surface area contributed by atoms with Crippen LogP contribution in [0.15, 0.2) is 60.7 Å². The monoisotopic (exact) mass is 325 g/mol. The smallest absolute Gasteiger partial charge is 0.320 e. The van der Waals surface area contributed by atoms with Crippen molar-refractivity contribution in [2.24, 2.45) is 5.92 Å². The number of hydrogen-bond donors (Lipinski definition) is 2. The highest BCUT2D eigenvalue weighted by Crippen LogP contribution is 2.15. The van der Waals surface area contributed by atoms with Gasteiger partial charge in [-0.1, -0.05) is 74.0 Å². The SMILES string of the molecule is CCCC(NCC(Cc1ccccc1)Cc1ccccc1)C(=O)O. The third kappa shape index (κ3) is 6.17. The maximum absolute atomic E-state index is 11.4. The Morgan fingerprint density at radius 3 is 1.88 bits per heavy atom. The van der Waals surface area contributed by atoms with Crippen LogP contribution >= 0.6 is 0 Å². The fourth-order valence-electron chi connectivity index (χ4n) is 3.02. The van der Waals surface area contributed by atoms with E-state index in [9.17, 15) is 9.90 Å². The van der Waals surface area contributed by atoms with Crippen LogP contribution in [0.1, 0.15) is 30.9 Å². The first-order valence-corrected chi connectivity index (χ1v) is 8.73. The molecular formula is C21H27NO2. The summed E-state index contributed by atoms with van der Waals surface area (Å²) in [5.74, 6) is -0.386. The number of rotatable bonds is 10. The summed E-state index contributed by atoms with van der Waals surface area (Å²) in [7, 11) is 0. The molecule has 24 heavy (non-hydrogen) atoms. The molecule has 0 saturated heterocycles.